The topological polar surface area (TPSA) is 57.4 Å². The lowest BCUT2D eigenvalue weighted by molar-refractivity contribution is 1.24. The summed E-state index contributed by atoms with van der Waals surface area (Å²) in [6.45, 7) is 1.98. The zero-order valence-electron chi connectivity index (χ0n) is 8.28. The van der Waals surface area contributed by atoms with Crippen molar-refractivity contribution in [3.63, 3.8) is 0 Å². The molecule has 0 saturated carbocycles. The minimum Gasteiger partial charge on any atom is -0.348 e. The number of fused-ring (bicyclic) bond motifs is 1. The van der Waals surface area contributed by atoms with Gasteiger partial charge < -0.3 is 9.97 Å². The third-order valence-electron chi connectivity index (χ3n) is 2.44. The Balaban J connectivity index is 2.24. The molecule has 0 aliphatic carbocycles. The molecule has 3 rings (SSSR count). The summed E-state index contributed by atoms with van der Waals surface area (Å²) in [5.41, 5.74) is 3.91. The first-order chi connectivity index (χ1) is 7.34. The SMILES string of the molecule is Cc1[nH]cnc1-c1nc2ccccc2[nH]1. The van der Waals surface area contributed by atoms with Crippen LogP contribution in [0.25, 0.3) is 22.6 Å². The van der Waals surface area contributed by atoms with Crippen LogP contribution in [-0.2, 0) is 0 Å². The van der Waals surface area contributed by atoms with Gasteiger partial charge in [-0.3, -0.25) is 0 Å². The van der Waals surface area contributed by atoms with Crippen molar-refractivity contribution in [2.75, 3.05) is 0 Å². The van der Waals surface area contributed by atoms with E-state index in [4.69, 9.17) is 0 Å². The fraction of sp³-hybridized carbons (Fsp3) is 0.0909. The van der Waals surface area contributed by atoms with Gasteiger partial charge in [-0.05, 0) is 19.1 Å². The van der Waals surface area contributed by atoms with E-state index in [0.717, 1.165) is 28.2 Å². The highest BCUT2D eigenvalue weighted by atomic mass is 15.0. The van der Waals surface area contributed by atoms with E-state index in [9.17, 15) is 0 Å². The van der Waals surface area contributed by atoms with Crippen molar-refractivity contribution in [3.05, 3.63) is 36.3 Å². The Labute approximate surface area is 86.4 Å². The van der Waals surface area contributed by atoms with E-state index in [1.165, 1.54) is 0 Å². The number of H-pyrrole nitrogens is 2. The van der Waals surface area contributed by atoms with Crippen molar-refractivity contribution < 1.29 is 0 Å². The van der Waals surface area contributed by atoms with Crippen LogP contribution in [0.1, 0.15) is 5.69 Å². The third-order valence-corrected chi connectivity index (χ3v) is 2.44. The van der Waals surface area contributed by atoms with Gasteiger partial charge in [0, 0.05) is 5.69 Å². The Kier molecular flexibility index (Phi) is 1.62. The molecule has 15 heavy (non-hydrogen) atoms. The van der Waals surface area contributed by atoms with Crippen LogP contribution >= 0.6 is 0 Å². The van der Waals surface area contributed by atoms with Crippen LogP contribution < -0.4 is 0 Å². The molecule has 0 aliphatic rings. The van der Waals surface area contributed by atoms with Crippen molar-refractivity contribution in [2.45, 2.75) is 6.92 Å². The van der Waals surface area contributed by atoms with Crippen LogP contribution in [0.3, 0.4) is 0 Å². The van der Waals surface area contributed by atoms with E-state index in [0.29, 0.717) is 0 Å². The minimum atomic E-state index is 0.815. The number of hydrogen-bond acceptors (Lipinski definition) is 2. The lowest BCUT2D eigenvalue weighted by Crippen LogP contribution is -1.83. The second-order valence-electron chi connectivity index (χ2n) is 3.48. The molecule has 4 nitrogen and oxygen atoms in total. The van der Waals surface area contributed by atoms with E-state index in [1.807, 2.05) is 31.2 Å². The molecule has 0 bridgehead atoms. The van der Waals surface area contributed by atoms with Gasteiger partial charge in [0.2, 0.25) is 0 Å². The van der Waals surface area contributed by atoms with Crippen molar-refractivity contribution in [2.24, 2.45) is 0 Å². The summed E-state index contributed by atoms with van der Waals surface area (Å²) < 4.78 is 0. The van der Waals surface area contributed by atoms with Crippen molar-refractivity contribution in [3.8, 4) is 11.5 Å². The van der Waals surface area contributed by atoms with Crippen LogP contribution in [0.15, 0.2) is 30.6 Å². The largest absolute Gasteiger partial charge is 0.348 e. The summed E-state index contributed by atoms with van der Waals surface area (Å²) >= 11 is 0. The lowest BCUT2D eigenvalue weighted by atomic mass is 10.3. The van der Waals surface area contributed by atoms with Crippen molar-refractivity contribution >= 4 is 11.0 Å². The maximum Gasteiger partial charge on any atom is 0.159 e. The van der Waals surface area contributed by atoms with Gasteiger partial charge >= 0.3 is 0 Å². The molecule has 2 aromatic heterocycles. The molecule has 4 heteroatoms. The number of aromatic nitrogens is 4. The predicted octanol–water partition coefficient (Wildman–Crippen LogP) is 2.26. The number of rotatable bonds is 1. The zero-order valence-corrected chi connectivity index (χ0v) is 8.28. The number of aryl methyl sites for hydroxylation is 1. The number of imidazole rings is 2. The Hall–Kier alpha value is -2.10. The van der Waals surface area contributed by atoms with E-state index >= 15 is 0 Å². The molecule has 0 amide bonds. The summed E-state index contributed by atoms with van der Waals surface area (Å²) in [5.74, 6) is 0.815. The van der Waals surface area contributed by atoms with Crippen LogP contribution in [0, 0.1) is 6.92 Å². The number of nitrogens with zero attached hydrogens (tertiary/aromatic N) is 2. The predicted molar refractivity (Wildman–Crippen MR) is 58.4 cm³/mol. The third kappa shape index (κ3) is 1.22. The highest BCUT2D eigenvalue weighted by Crippen LogP contribution is 2.20. The lowest BCUT2D eigenvalue weighted by Gasteiger charge is -1.90. The Bertz CT molecular complexity index is 573. The van der Waals surface area contributed by atoms with Gasteiger partial charge in [-0.1, -0.05) is 12.1 Å². The Morgan fingerprint density at radius 3 is 2.80 bits per heavy atom. The molecule has 3 aromatic rings. The standard InChI is InChI=1S/C11H10N4/c1-7-10(13-6-12-7)11-14-8-4-2-3-5-9(8)15-11/h2-6H,1H3,(H,12,13)(H,14,15). The first kappa shape index (κ1) is 8.23. The minimum absolute atomic E-state index is 0.815. The molecule has 0 saturated heterocycles. The number of para-hydroxylation sites is 2. The second-order valence-corrected chi connectivity index (χ2v) is 3.48. The number of hydrogen-bond donors (Lipinski definition) is 2. The summed E-state index contributed by atoms with van der Waals surface area (Å²) in [6, 6.07) is 7.96. The summed E-state index contributed by atoms with van der Waals surface area (Å²) in [4.78, 5) is 15.0. The van der Waals surface area contributed by atoms with Gasteiger partial charge in [0.05, 0.1) is 17.4 Å². The van der Waals surface area contributed by atoms with Gasteiger partial charge in [0.15, 0.2) is 5.82 Å². The van der Waals surface area contributed by atoms with E-state index in [1.54, 1.807) is 6.33 Å². The zero-order chi connectivity index (χ0) is 10.3. The molecular weight excluding hydrogens is 188 g/mol. The highest BCUT2D eigenvalue weighted by molar-refractivity contribution is 5.78. The average Bonchev–Trinajstić information content (AvgIpc) is 2.82. The molecule has 0 radical (unpaired) electrons. The van der Waals surface area contributed by atoms with Crippen molar-refractivity contribution in [1.29, 1.82) is 0 Å². The van der Waals surface area contributed by atoms with E-state index in [-0.39, 0.29) is 0 Å². The second kappa shape index (κ2) is 2.95. The first-order valence-corrected chi connectivity index (χ1v) is 4.80. The number of benzene rings is 1. The normalized spacial score (nSPS) is 11.0. The van der Waals surface area contributed by atoms with Crippen LogP contribution in [-0.4, -0.2) is 19.9 Å². The summed E-state index contributed by atoms with van der Waals surface area (Å²) in [7, 11) is 0. The quantitative estimate of drug-likeness (QED) is 0.630. The molecule has 2 N–H and O–H groups in total. The Morgan fingerprint density at radius 2 is 2.07 bits per heavy atom. The number of nitrogens with one attached hydrogen (secondary N) is 2. The van der Waals surface area contributed by atoms with E-state index in [2.05, 4.69) is 19.9 Å². The van der Waals surface area contributed by atoms with Crippen LogP contribution in [0.4, 0.5) is 0 Å². The summed E-state index contributed by atoms with van der Waals surface area (Å²) in [5, 5.41) is 0. The molecule has 0 unspecified atom stereocenters. The Morgan fingerprint density at radius 1 is 1.20 bits per heavy atom. The molecule has 0 aliphatic heterocycles. The van der Waals surface area contributed by atoms with Gasteiger partial charge in [-0.2, -0.15) is 0 Å². The molecule has 0 atom stereocenters. The molecule has 0 spiro atoms. The average molecular weight is 198 g/mol. The fourth-order valence-corrected chi connectivity index (χ4v) is 1.66. The monoisotopic (exact) mass is 198 g/mol. The van der Waals surface area contributed by atoms with Crippen molar-refractivity contribution in [1.82, 2.24) is 19.9 Å². The van der Waals surface area contributed by atoms with Gasteiger partial charge in [-0.25, -0.2) is 9.97 Å². The maximum atomic E-state index is 4.48. The van der Waals surface area contributed by atoms with Gasteiger partial charge in [-0.15, -0.1) is 0 Å². The number of aromatic amines is 2. The highest BCUT2D eigenvalue weighted by Gasteiger charge is 2.08. The van der Waals surface area contributed by atoms with Crippen LogP contribution in [0.2, 0.25) is 0 Å². The molecule has 0 fully saturated rings. The molecule has 1 aromatic carbocycles. The van der Waals surface area contributed by atoms with Crippen LogP contribution in [0.5, 0.6) is 0 Å². The summed E-state index contributed by atoms with van der Waals surface area (Å²) in [6.07, 6.45) is 1.68. The van der Waals surface area contributed by atoms with E-state index < -0.39 is 0 Å². The molecule has 2 heterocycles. The molecule has 74 valence electrons. The maximum absolute atomic E-state index is 4.48. The smallest absolute Gasteiger partial charge is 0.159 e. The van der Waals surface area contributed by atoms with Gasteiger partial charge in [0.1, 0.15) is 5.69 Å². The fourth-order valence-electron chi connectivity index (χ4n) is 1.66. The first-order valence-electron chi connectivity index (χ1n) is 4.80. The van der Waals surface area contributed by atoms with Gasteiger partial charge in [0.25, 0.3) is 0 Å². The molecular formula is C11H10N4.